The van der Waals surface area contributed by atoms with Crippen molar-refractivity contribution >= 4 is 11.7 Å². The van der Waals surface area contributed by atoms with Crippen LogP contribution in [0.15, 0.2) is 12.3 Å². The van der Waals surface area contributed by atoms with Gasteiger partial charge in [0.05, 0.1) is 6.10 Å². The van der Waals surface area contributed by atoms with Crippen LogP contribution in [0, 0.1) is 0 Å². The van der Waals surface area contributed by atoms with Crippen molar-refractivity contribution in [3.05, 3.63) is 23.5 Å². The second kappa shape index (κ2) is 5.35. The molecule has 0 bridgehead atoms. The fraction of sp³-hybridized carbons (Fsp3) is 0.538. The molecule has 1 amide bonds. The first-order valence-electron chi connectivity index (χ1n) is 6.24. The van der Waals surface area contributed by atoms with Gasteiger partial charge in [-0.25, -0.2) is 0 Å². The molecule has 1 aromatic rings. The number of Topliss-reactive ketones (excluding diaryl/α,β-unsaturated/α-hetero) is 1. The van der Waals surface area contributed by atoms with Crippen LogP contribution in [0.4, 0.5) is 0 Å². The van der Waals surface area contributed by atoms with Crippen molar-refractivity contribution in [1.29, 1.82) is 0 Å². The van der Waals surface area contributed by atoms with Crippen LogP contribution >= 0.6 is 0 Å². The second-order valence-electron chi connectivity index (χ2n) is 4.84. The summed E-state index contributed by atoms with van der Waals surface area (Å²) in [5.41, 5.74) is 0.922. The van der Waals surface area contributed by atoms with Crippen LogP contribution in [0.2, 0.25) is 0 Å². The standard InChI is InChI=1S/C13H18N2O3/c1-8(16)9-6-12(14-7-9)13(18)15-10-2-4-11(17)5-3-10/h6-7,10-11,14,17H,2-5H2,1H3,(H,15,18). The molecule has 0 spiro atoms. The van der Waals surface area contributed by atoms with Gasteiger partial charge in [0.2, 0.25) is 0 Å². The van der Waals surface area contributed by atoms with E-state index >= 15 is 0 Å². The summed E-state index contributed by atoms with van der Waals surface area (Å²) in [6, 6.07) is 1.68. The van der Waals surface area contributed by atoms with Crippen LogP contribution in [0.1, 0.15) is 53.5 Å². The first kappa shape index (κ1) is 12.8. The number of aromatic nitrogens is 1. The third-order valence-corrected chi connectivity index (χ3v) is 3.37. The minimum atomic E-state index is -0.229. The Kier molecular flexibility index (Phi) is 3.81. The van der Waals surface area contributed by atoms with Crippen LogP contribution < -0.4 is 5.32 Å². The summed E-state index contributed by atoms with van der Waals surface area (Å²) in [7, 11) is 0. The predicted octanol–water partition coefficient (Wildman–Crippen LogP) is 1.25. The van der Waals surface area contributed by atoms with E-state index in [1.165, 1.54) is 6.92 Å². The summed E-state index contributed by atoms with van der Waals surface area (Å²) < 4.78 is 0. The topological polar surface area (TPSA) is 82.2 Å². The van der Waals surface area contributed by atoms with Crippen LogP contribution in [0.25, 0.3) is 0 Å². The molecule has 0 radical (unpaired) electrons. The molecule has 5 heteroatoms. The van der Waals surface area contributed by atoms with Crippen molar-refractivity contribution in [3.8, 4) is 0 Å². The van der Waals surface area contributed by atoms with Gasteiger partial charge in [0.25, 0.3) is 5.91 Å². The van der Waals surface area contributed by atoms with E-state index in [0.717, 1.165) is 25.7 Å². The maximum Gasteiger partial charge on any atom is 0.267 e. The molecule has 1 aliphatic rings. The molecule has 18 heavy (non-hydrogen) atoms. The zero-order chi connectivity index (χ0) is 13.1. The Bertz CT molecular complexity index is 445. The molecule has 0 atom stereocenters. The van der Waals surface area contributed by atoms with Gasteiger partial charge in [-0.15, -0.1) is 0 Å². The lowest BCUT2D eigenvalue weighted by molar-refractivity contribution is 0.0863. The van der Waals surface area contributed by atoms with Crippen LogP contribution in [-0.4, -0.2) is 33.9 Å². The maximum atomic E-state index is 11.9. The number of aliphatic hydroxyl groups is 1. The molecule has 0 saturated heterocycles. The number of amides is 1. The third-order valence-electron chi connectivity index (χ3n) is 3.37. The van der Waals surface area contributed by atoms with Crippen LogP contribution in [0.3, 0.4) is 0 Å². The zero-order valence-electron chi connectivity index (χ0n) is 10.4. The summed E-state index contributed by atoms with van der Waals surface area (Å²) in [6.07, 6.45) is 4.37. The number of aliphatic hydroxyl groups excluding tert-OH is 1. The largest absolute Gasteiger partial charge is 0.393 e. The SMILES string of the molecule is CC(=O)c1c[nH]c(C(=O)NC2CCC(O)CC2)c1. The zero-order valence-corrected chi connectivity index (χ0v) is 10.4. The van der Waals surface area contributed by atoms with E-state index in [9.17, 15) is 14.7 Å². The van der Waals surface area contributed by atoms with Crippen molar-refractivity contribution in [2.75, 3.05) is 0 Å². The minimum Gasteiger partial charge on any atom is -0.393 e. The van der Waals surface area contributed by atoms with Gasteiger partial charge in [-0.1, -0.05) is 0 Å². The van der Waals surface area contributed by atoms with Crippen LogP contribution in [0.5, 0.6) is 0 Å². The Morgan fingerprint density at radius 2 is 2.00 bits per heavy atom. The van der Waals surface area contributed by atoms with E-state index in [2.05, 4.69) is 10.3 Å². The van der Waals surface area contributed by atoms with Gasteiger partial charge in [-0.05, 0) is 38.7 Å². The molecule has 1 aromatic heterocycles. The number of hydrogen-bond acceptors (Lipinski definition) is 3. The summed E-state index contributed by atoms with van der Waals surface area (Å²) in [5, 5.41) is 12.3. The summed E-state index contributed by atoms with van der Waals surface area (Å²) >= 11 is 0. The Morgan fingerprint density at radius 1 is 1.33 bits per heavy atom. The van der Waals surface area contributed by atoms with Gasteiger partial charge in [0.1, 0.15) is 5.69 Å². The average molecular weight is 250 g/mol. The molecule has 98 valence electrons. The fourth-order valence-corrected chi connectivity index (χ4v) is 2.21. The maximum absolute atomic E-state index is 11.9. The molecule has 2 rings (SSSR count). The molecular formula is C13H18N2O3. The van der Waals surface area contributed by atoms with Crippen LogP contribution in [-0.2, 0) is 0 Å². The molecule has 0 unspecified atom stereocenters. The number of rotatable bonds is 3. The van der Waals surface area contributed by atoms with E-state index in [1.807, 2.05) is 0 Å². The minimum absolute atomic E-state index is 0.0638. The first-order chi connectivity index (χ1) is 8.56. The third kappa shape index (κ3) is 2.98. The number of ketones is 1. The number of carbonyl (C=O) groups is 2. The fourth-order valence-electron chi connectivity index (χ4n) is 2.21. The molecular weight excluding hydrogens is 232 g/mol. The lowest BCUT2D eigenvalue weighted by Crippen LogP contribution is -2.38. The van der Waals surface area contributed by atoms with Gasteiger partial charge < -0.3 is 15.4 Å². The molecule has 1 saturated carbocycles. The quantitative estimate of drug-likeness (QED) is 0.706. The summed E-state index contributed by atoms with van der Waals surface area (Å²) in [6.45, 7) is 1.47. The lowest BCUT2D eigenvalue weighted by Gasteiger charge is -2.25. The van der Waals surface area contributed by atoms with E-state index in [-0.39, 0.29) is 23.8 Å². The highest BCUT2D eigenvalue weighted by Crippen LogP contribution is 2.18. The Hall–Kier alpha value is -1.62. The summed E-state index contributed by atoms with van der Waals surface area (Å²) in [4.78, 5) is 25.8. The molecule has 0 aromatic carbocycles. The van der Waals surface area contributed by atoms with E-state index in [4.69, 9.17) is 0 Å². The van der Waals surface area contributed by atoms with Crippen molar-refractivity contribution < 1.29 is 14.7 Å². The molecule has 1 heterocycles. The monoisotopic (exact) mass is 250 g/mol. The van der Waals surface area contributed by atoms with Gasteiger partial charge >= 0.3 is 0 Å². The lowest BCUT2D eigenvalue weighted by atomic mass is 9.93. The van der Waals surface area contributed by atoms with Gasteiger partial charge in [-0.2, -0.15) is 0 Å². The predicted molar refractivity (Wildman–Crippen MR) is 66.5 cm³/mol. The van der Waals surface area contributed by atoms with Crippen molar-refractivity contribution in [2.45, 2.75) is 44.8 Å². The number of carbonyl (C=O) groups excluding carboxylic acids is 2. The Morgan fingerprint density at radius 3 is 2.56 bits per heavy atom. The van der Waals surface area contributed by atoms with E-state index in [1.54, 1.807) is 12.3 Å². The van der Waals surface area contributed by atoms with Crippen molar-refractivity contribution in [1.82, 2.24) is 10.3 Å². The molecule has 5 nitrogen and oxygen atoms in total. The number of hydrogen-bond donors (Lipinski definition) is 3. The summed E-state index contributed by atoms with van der Waals surface area (Å²) in [5.74, 6) is -0.255. The highest BCUT2D eigenvalue weighted by molar-refractivity contribution is 5.99. The van der Waals surface area contributed by atoms with Crippen molar-refractivity contribution in [2.24, 2.45) is 0 Å². The van der Waals surface area contributed by atoms with Gasteiger partial charge in [-0.3, -0.25) is 9.59 Å². The molecule has 3 N–H and O–H groups in total. The van der Waals surface area contributed by atoms with Crippen molar-refractivity contribution in [3.63, 3.8) is 0 Å². The Labute approximate surface area is 106 Å². The Balaban J connectivity index is 1.93. The van der Waals surface area contributed by atoms with E-state index < -0.39 is 0 Å². The van der Waals surface area contributed by atoms with Gasteiger partial charge in [0.15, 0.2) is 5.78 Å². The van der Waals surface area contributed by atoms with Gasteiger partial charge in [0, 0.05) is 17.8 Å². The molecule has 1 aliphatic carbocycles. The second-order valence-corrected chi connectivity index (χ2v) is 4.84. The normalized spacial score (nSPS) is 23.7. The van der Waals surface area contributed by atoms with E-state index in [0.29, 0.717) is 11.3 Å². The highest BCUT2D eigenvalue weighted by Gasteiger charge is 2.21. The average Bonchev–Trinajstić information content (AvgIpc) is 2.81. The number of nitrogens with one attached hydrogen (secondary N) is 2. The highest BCUT2D eigenvalue weighted by atomic mass is 16.3. The molecule has 0 aliphatic heterocycles. The molecule has 1 fully saturated rings. The first-order valence-corrected chi connectivity index (χ1v) is 6.24. The number of H-pyrrole nitrogens is 1. The number of aromatic amines is 1. The smallest absolute Gasteiger partial charge is 0.267 e.